The number of benzene rings is 2. The van der Waals surface area contributed by atoms with E-state index >= 15 is 0 Å². The number of anilines is 1. The first-order chi connectivity index (χ1) is 11.6. The zero-order valence-electron chi connectivity index (χ0n) is 12.8. The molecule has 0 spiro atoms. The highest BCUT2D eigenvalue weighted by atomic mass is 79.9. The molecule has 0 saturated heterocycles. The summed E-state index contributed by atoms with van der Waals surface area (Å²) in [6.45, 7) is 0. The van der Waals surface area contributed by atoms with Gasteiger partial charge in [0.1, 0.15) is 0 Å². The Balaban J connectivity index is 1.85. The van der Waals surface area contributed by atoms with Crippen LogP contribution in [0.1, 0.15) is 28.0 Å². The standard InChI is InChI=1S/C19H14BrClN2O/c20-11-3-1-4-13(9-11)22-19(24)18-14-5-2-6-16(14)23-17-8-7-12(21)10-15(17)18/h1,3-4,7-10H,2,5-6H2,(H,22,24). The van der Waals surface area contributed by atoms with Gasteiger partial charge in [0.05, 0.1) is 11.1 Å². The molecule has 1 aromatic heterocycles. The van der Waals surface area contributed by atoms with Gasteiger partial charge in [-0.1, -0.05) is 33.6 Å². The highest BCUT2D eigenvalue weighted by Crippen LogP contribution is 2.32. The molecule has 3 nitrogen and oxygen atoms in total. The summed E-state index contributed by atoms with van der Waals surface area (Å²) in [7, 11) is 0. The van der Waals surface area contributed by atoms with Crippen LogP contribution in [0.15, 0.2) is 46.9 Å². The molecule has 1 heterocycles. The first kappa shape index (κ1) is 15.6. The lowest BCUT2D eigenvalue weighted by Crippen LogP contribution is -2.15. The second-order valence-electron chi connectivity index (χ2n) is 5.89. The van der Waals surface area contributed by atoms with Gasteiger partial charge in [0, 0.05) is 26.3 Å². The van der Waals surface area contributed by atoms with Crippen LogP contribution in [0.5, 0.6) is 0 Å². The van der Waals surface area contributed by atoms with Gasteiger partial charge < -0.3 is 5.32 Å². The lowest BCUT2D eigenvalue weighted by atomic mass is 10.0. The van der Waals surface area contributed by atoms with Crippen molar-refractivity contribution in [3.8, 4) is 0 Å². The highest BCUT2D eigenvalue weighted by molar-refractivity contribution is 9.10. The largest absolute Gasteiger partial charge is 0.322 e. The van der Waals surface area contributed by atoms with Crippen molar-refractivity contribution < 1.29 is 4.79 Å². The van der Waals surface area contributed by atoms with Gasteiger partial charge in [-0.3, -0.25) is 9.78 Å². The number of carbonyl (C=O) groups is 1. The van der Waals surface area contributed by atoms with Crippen LogP contribution in [-0.4, -0.2) is 10.9 Å². The first-order valence-electron chi connectivity index (χ1n) is 7.80. The normalized spacial score (nSPS) is 13.1. The average molecular weight is 402 g/mol. The van der Waals surface area contributed by atoms with E-state index in [1.807, 2.05) is 42.5 Å². The molecule has 1 N–H and O–H groups in total. The van der Waals surface area contributed by atoms with Crippen LogP contribution in [0.4, 0.5) is 5.69 Å². The van der Waals surface area contributed by atoms with Gasteiger partial charge in [0.25, 0.3) is 5.91 Å². The molecule has 0 unspecified atom stereocenters. The minimum Gasteiger partial charge on any atom is -0.322 e. The topological polar surface area (TPSA) is 42.0 Å². The third kappa shape index (κ3) is 2.80. The van der Waals surface area contributed by atoms with Crippen molar-refractivity contribution in [1.82, 2.24) is 4.98 Å². The summed E-state index contributed by atoms with van der Waals surface area (Å²) in [5, 5.41) is 4.43. The summed E-state index contributed by atoms with van der Waals surface area (Å²) in [5.41, 5.74) is 4.36. The number of nitrogens with zero attached hydrogens (tertiary/aromatic N) is 1. The molecule has 0 atom stereocenters. The van der Waals surface area contributed by atoms with Crippen molar-refractivity contribution in [3.63, 3.8) is 0 Å². The fraction of sp³-hybridized carbons (Fsp3) is 0.158. The highest BCUT2D eigenvalue weighted by Gasteiger charge is 2.24. The maximum absolute atomic E-state index is 13.0. The molecule has 0 bridgehead atoms. The summed E-state index contributed by atoms with van der Waals surface area (Å²) in [5.74, 6) is -0.110. The van der Waals surface area contributed by atoms with Gasteiger partial charge in [0.2, 0.25) is 0 Å². The fourth-order valence-corrected chi connectivity index (χ4v) is 3.82. The number of rotatable bonds is 2. The van der Waals surface area contributed by atoms with E-state index in [4.69, 9.17) is 16.6 Å². The number of halogens is 2. The number of pyridine rings is 1. The zero-order chi connectivity index (χ0) is 16.7. The second kappa shape index (κ2) is 6.19. The van der Waals surface area contributed by atoms with Crippen LogP contribution >= 0.6 is 27.5 Å². The zero-order valence-corrected chi connectivity index (χ0v) is 15.1. The van der Waals surface area contributed by atoms with Gasteiger partial charge in [-0.25, -0.2) is 0 Å². The van der Waals surface area contributed by atoms with Crippen molar-refractivity contribution in [2.24, 2.45) is 0 Å². The van der Waals surface area contributed by atoms with E-state index in [1.165, 1.54) is 0 Å². The molecule has 4 rings (SSSR count). The molecule has 1 amide bonds. The number of amides is 1. The number of hydrogen-bond donors (Lipinski definition) is 1. The summed E-state index contributed by atoms with van der Waals surface area (Å²) >= 11 is 9.59. The molecule has 1 aliphatic carbocycles. The Kier molecular flexibility index (Phi) is 4.02. The lowest BCUT2D eigenvalue weighted by molar-refractivity contribution is 0.102. The Morgan fingerprint density at radius 2 is 2.04 bits per heavy atom. The van der Waals surface area contributed by atoms with Gasteiger partial charge >= 0.3 is 0 Å². The molecule has 0 fully saturated rings. The molecule has 5 heteroatoms. The van der Waals surface area contributed by atoms with Crippen LogP contribution < -0.4 is 5.32 Å². The summed E-state index contributed by atoms with van der Waals surface area (Å²) < 4.78 is 0.924. The Labute approximate surface area is 153 Å². The van der Waals surface area contributed by atoms with Crippen molar-refractivity contribution in [1.29, 1.82) is 0 Å². The summed E-state index contributed by atoms with van der Waals surface area (Å²) in [4.78, 5) is 17.7. The number of carbonyl (C=O) groups excluding carboxylic acids is 1. The van der Waals surface area contributed by atoms with E-state index in [9.17, 15) is 4.79 Å². The minimum absolute atomic E-state index is 0.110. The molecular weight excluding hydrogens is 388 g/mol. The second-order valence-corrected chi connectivity index (χ2v) is 7.24. The van der Waals surface area contributed by atoms with Crippen LogP contribution in [-0.2, 0) is 12.8 Å². The van der Waals surface area contributed by atoms with Crippen molar-refractivity contribution in [2.45, 2.75) is 19.3 Å². The average Bonchev–Trinajstić information content (AvgIpc) is 3.00. The van der Waals surface area contributed by atoms with Crippen LogP contribution in [0.25, 0.3) is 10.9 Å². The van der Waals surface area contributed by atoms with Crippen molar-refractivity contribution >= 4 is 50.0 Å². The monoisotopic (exact) mass is 400 g/mol. The van der Waals surface area contributed by atoms with Crippen LogP contribution in [0, 0.1) is 0 Å². The quantitative estimate of drug-likeness (QED) is 0.625. The molecular formula is C19H14BrClN2O. The van der Waals surface area contributed by atoms with Crippen LogP contribution in [0.2, 0.25) is 5.02 Å². The summed E-state index contributed by atoms with van der Waals surface area (Å²) in [6, 6.07) is 13.1. The van der Waals surface area contributed by atoms with E-state index < -0.39 is 0 Å². The first-order valence-corrected chi connectivity index (χ1v) is 8.97. The molecule has 0 radical (unpaired) electrons. The fourth-order valence-electron chi connectivity index (χ4n) is 3.25. The third-order valence-corrected chi connectivity index (χ3v) is 5.01. The van der Waals surface area contributed by atoms with Gasteiger partial charge in [0.15, 0.2) is 0 Å². The molecule has 2 aromatic carbocycles. The minimum atomic E-state index is -0.110. The molecule has 3 aromatic rings. The molecule has 0 saturated carbocycles. The lowest BCUT2D eigenvalue weighted by Gasteiger charge is -2.13. The molecule has 120 valence electrons. The Morgan fingerprint density at radius 3 is 2.88 bits per heavy atom. The van der Waals surface area contributed by atoms with Crippen molar-refractivity contribution in [2.75, 3.05) is 5.32 Å². The van der Waals surface area contributed by atoms with E-state index in [0.29, 0.717) is 10.6 Å². The predicted molar refractivity (Wildman–Crippen MR) is 101 cm³/mol. The predicted octanol–water partition coefficient (Wildman–Crippen LogP) is 5.39. The summed E-state index contributed by atoms with van der Waals surface area (Å²) in [6.07, 6.45) is 2.83. The number of aromatic nitrogens is 1. The number of fused-ring (bicyclic) bond motifs is 2. The molecule has 24 heavy (non-hydrogen) atoms. The van der Waals surface area contributed by atoms with E-state index in [2.05, 4.69) is 21.2 Å². The van der Waals surface area contributed by atoms with Gasteiger partial charge in [-0.05, 0) is 61.2 Å². The Morgan fingerprint density at radius 1 is 1.17 bits per heavy atom. The SMILES string of the molecule is O=C(Nc1cccc(Br)c1)c1c2c(nc3ccc(Cl)cc13)CCC2. The number of nitrogens with one attached hydrogen (secondary N) is 1. The van der Waals surface area contributed by atoms with Gasteiger partial charge in [-0.15, -0.1) is 0 Å². The maximum Gasteiger partial charge on any atom is 0.256 e. The Bertz CT molecular complexity index is 971. The molecule has 1 aliphatic rings. The van der Waals surface area contributed by atoms with Gasteiger partial charge in [-0.2, -0.15) is 0 Å². The van der Waals surface area contributed by atoms with E-state index in [0.717, 1.165) is 51.6 Å². The van der Waals surface area contributed by atoms with E-state index in [1.54, 1.807) is 0 Å². The van der Waals surface area contributed by atoms with E-state index in [-0.39, 0.29) is 5.91 Å². The smallest absolute Gasteiger partial charge is 0.256 e. The maximum atomic E-state index is 13.0. The number of aryl methyl sites for hydroxylation is 1. The number of hydrogen-bond acceptors (Lipinski definition) is 2. The Hall–Kier alpha value is -1.91. The van der Waals surface area contributed by atoms with Crippen molar-refractivity contribution in [3.05, 3.63) is 68.8 Å². The van der Waals surface area contributed by atoms with Crippen LogP contribution in [0.3, 0.4) is 0 Å². The third-order valence-electron chi connectivity index (χ3n) is 4.28. The molecule has 0 aliphatic heterocycles.